The van der Waals surface area contributed by atoms with E-state index in [0.717, 1.165) is 0 Å². The molecule has 0 aliphatic rings. The lowest BCUT2D eigenvalue weighted by molar-refractivity contribution is 0.0526. The van der Waals surface area contributed by atoms with Gasteiger partial charge in [0.1, 0.15) is 17.1 Å². The van der Waals surface area contributed by atoms with Gasteiger partial charge in [0.2, 0.25) is 5.88 Å². The Labute approximate surface area is 139 Å². The van der Waals surface area contributed by atoms with Gasteiger partial charge in [0.25, 0.3) is 5.56 Å². The van der Waals surface area contributed by atoms with Crippen LogP contribution in [0.4, 0.5) is 4.79 Å². The highest BCUT2D eigenvalue weighted by molar-refractivity contribution is 5.80. The Kier molecular flexibility index (Phi) is 5.06. The Morgan fingerprint density at radius 3 is 2.62 bits per heavy atom. The average Bonchev–Trinajstić information content (AvgIpc) is 2.46. The summed E-state index contributed by atoms with van der Waals surface area (Å²) in [6, 6.07) is 3.06. The summed E-state index contributed by atoms with van der Waals surface area (Å²) in [5, 5.41) is 3.27. The number of pyridine rings is 1. The van der Waals surface area contributed by atoms with Crippen molar-refractivity contribution in [3.8, 4) is 5.88 Å². The minimum Gasteiger partial charge on any atom is -0.480 e. The normalized spacial score (nSPS) is 11.4. The molecular weight excluding hydrogens is 312 g/mol. The van der Waals surface area contributed by atoms with E-state index in [2.05, 4.69) is 15.3 Å². The molecule has 0 bridgehead atoms. The highest BCUT2D eigenvalue weighted by Gasteiger charge is 2.16. The van der Waals surface area contributed by atoms with E-state index >= 15 is 0 Å². The maximum Gasteiger partial charge on any atom is 0.407 e. The zero-order chi connectivity index (χ0) is 17.9. The predicted octanol–water partition coefficient (Wildman–Crippen LogP) is 1.63. The number of carbonyl (C=O) groups excluding carboxylic acids is 1. The molecule has 2 aromatic rings. The van der Waals surface area contributed by atoms with Crippen LogP contribution in [0, 0.1) is 6.92 Å². The molecule has 0 radical (unpaired) electrons. The van der Waals surface area contributed by atoms with Gasteiger partial charge >= 0.3 is 6.09 Å². The molecule has 0 atom stereocenters. The first-order chi connectivity index (χ1) is 11.2. The molecule has 8 heteroatoms. The Morgan fingerprint density at radius 1 is 1.29 bits per heavy atom. The van der Waals surface area contributed by atoms with Crippen molar-refractivity contribution in [2.45, 2.75) is 39.8 Å². The van der Waals surface area contributed by atoms with E-state index in [-0.39, 0.29) is 18.6 Å². The fraction of sp³-hybridized carbons (Fsp3) is 0.500. The molecule has 2 rings (SSSR count). The summed E-state index contributed by atoms with van der Waals surface area (Å²) in [5.41, 5.74) is -0.315. The molecule has 2 heterocycles. The third-order valence-electron chi connectivity index (χ3n) is 3.11. The van der Waals surface area contributed by atoms with Gasteiger partial charge in [-0.05, 0) is 33.8 Å². The van der Waals surface area contributed by atoms with Gasteiger partial charge in [-0.3, -0.25) is 9.36 Å². The molecule has 0 unspecified atom stereocenters. The summed E-state index contributed by atoms with van der Waals surface area (Å²) in [4.78, 5) is 32.4. The van der Waals surface area contributed by atoms with E-state index in [9.17, 15) is 9.59 Å². The summed E-state index contributed by atoms with van der Waals surface area (Å²) < 4.78 is 11.9. The third kappa shape index (κ3) is 4.21. The van der Waals surface area contributed by atoms with Gasteiger partial charge in [-0.2, -0.15) is 4.98 Å². The van der Waals surface area contributed by atoms with Crippen molar-refractivity contribution >= 4 is 17.1 Å². The molecule has 0 aromatic carbocycles. The van der Waals surface area contributed by atoms with Gasteiger partial charge in [-0.15, -0.1) is 0 Å². The molecule has 0 aliphatic carbocycles. The number of fused-ring (bicyclic) bond motifs is 1. The summed E-state index contributed by atoms with van der Waals surface area (Å²) in [6.07, 6.45) is -0.529. The molecule has 0 saturated carbocycles. The predicted molar refractivity (Wildman–Crippen MR) is 89.3 cm³/mol. The maximum atomic E-state index is 12.2. The van der Waals surface area contributed by atoms with Crippen LogP contribution in [0.15, 0.2) is 16.9 Å². The lowest BCUT2D eigenvalue weighted by Crippen LogP contribution is -2.35. The summed E-state index contributed by atoms with van der Waals surface area (Å²) in [7, 11) is 1.51. The minimum absolute atomic E-state index is 0.214. The molecule has 0 fully saturated rings. The van der Waals surface area contributed by atoms with Crippen LogP contribution in [0.5, 0.6) is 5.88 Å². The Morgan fingerprint density at radius 2 is 2.00 bits per heavy atom. The van der Waals surface area contributed by atoms with Crippen LogP contribution in [0.3, 0.4) is 0 Å². The lowest BCUT2D eigenvalue weighted by atomic mass is 10.2. The fourth-order valence-corrected chi connectivity index (χ4v) is 2.20. The first kappa shape index (κ1) is 17.7. The highest BCUT2D eigenvalue weighted by Crippen LogP contribution is 2.20. The first-order valence-corrected chi connectivity index (χ1v) is 7.60. The van der Waals surface area contributed by atoms with E-state index in [1.165, 1.54) is 17.7 Å². The van der Waals surface area contributed by atoms with Gasteiger partial charge in [0.15, 0.2) is 0 Å². The number of ether oxygens (including phenoxy) is 2. The largest absolute Gasteiger partial charge is 0.480 e. The van der Waals surface area contributed by atoms with Crippen molar-refractivity contribution in [3.63, 3.8) is 0 Å². The van der Waals surface area contributed by atoms with E-state index in [1.54, 1.807) is 33.8 Å². The van der Waals surface area contributed by atoms with Crippen LogP contribution in [0.1, 0.15) is 26.6 Å². The molecular formula is C16H22N4O4. The Balaban J connectivity index is 2.23. The van der Waals surface area contributed by atoms with Crippen LogP contribution >= 0.6 is 0 Å². The van der Waals surface area contributed by atoms with Crippen molar-refractivity contribution < 1.29 is 14.3 Å². The number of hydrogen-bond acceptors (Lipinski definition) is 6. The molecule has 1 N–H and O–H groups in total. The monoisotopic (exact) mass is 334 g/mol. The molecule has 2 aromatic heterocycles. The molecule has 24 heavy (non-hydrogen) atoms. The van der Waals surface area contributed by atoms with E-state index in [4.69, 9.17) is 9.47 Å². The van der Waals surface area contributed by atoms with Crippen molar-refractivity contribution in [1.82, 2.24) is 19.9 Å². The number of nitrogens with one attached hydrogen (secondary N) is 1. The van der Waals surface area contributed by atoms with Crippen molar-refractivity contribution in [1.29, 1.82) is 0 Å². The Bertz CT molecular complexity index is 808. The minimum atomic E-state index is -0.571. The topological polar surface area (TPSA) is 95.3 Å². The summed E-state index contributed by atoms with van der Waals surface area (Å²) >= 11 is 0. The van der Waals surface area contributed by atoms with Crippen LogP contribution in [-0.4, -0.2) is 39.9 Å². The number of alkyl carbamates (subject to hydrolysis) is 1. The summed E-state index contributed by atoms with van der Waals surface area (Å²) in [6.45, 7) is 7.58. The van der Waals surface area contributed by atoms with Gasteiger partial charge < -0.3 is 14.8 Å². The molecule has 130 valence electrons. The molecule has 0 aliphatic heterocycles. The zero-order valence-electron chi connectivity index (χ0n) is 14.5. The lowest BCUT2D eigenvalue weighted by Gasteiger charge is -2.20. The van der Waals surface area contributed by atoms with Crippen LogP contribution in [0.2, 0.25) is 0 Å². The zero-order valence-corrected chi connectivity index (χ0v) is 14.5. The smallest absolute Gasteiger partial charge is 0.407 e. The molecule has 0 spiro atoms. The molecule has 0 saturated heterocycles. The fourth-order valence-electron chi connectivity index (χ4n) is 2.20. The van der Waals surface area contributed by atoms with Gasteiger partial charge in [-0.25, -0.2) is 9.78 Å². The molecule has 1 amide bonds. The number of aryl methyl sites for hydroxylation is 1. The second kappa shape index (κ2) is 6.86. The number of methoxy groups -OCH3 is 1. The average molecular weight is 334 g/mol. The second-order valence-corrected chi connectivity index (χ2v) is 6.27. The summed E-state index contributed by atoms with van der Waals surface area (Å²) in [5.74, 6) is 0.908. The van der Waals surface area contributed by atoms with Crippen molar-refractivity contribution in [3.05, 3.63) is 28.3 Å². The molecule has 8 nitrogen and oxygen atoms in total. The van der Waals surface area contributed by atoms with E-state index in [1.807, 2.05) is 0 Å². The van der Waals surface area contributed by atoms with Crippen molar-refractivity contribution in [2.75, 3.05) is 13.7 Å². The van der Waals surface area contributed by atoms with Crippen molar-refractivity contribution in [2.24, 2.45) is 0 Å². The van der Waals surface area contributed by atoms with E-state index < -0.39 is 11.7 Å². The van der Waals surface area contributed by atoms with Crippen LogP contribution in [0.25, 0.3) is 11.0 Å². The first-order valence-electron chi connectivity index (χ1n) is 7.60. The third-order valence-corrected chi connectivity index (χ3v) is 3.11. The maximum absolute atomic E-state index is 12.2. The SMILES string of the molecule is COc1nc(C)nc2c1ccc(=O)n2CCNC(=O)OC(C)(C)C. The van der Waals surface area contributed by atoms with Crippen LogP contribution in [-0.2, 0) is 11.3 Å². The highest BCUT2D eigenvalue weighted by atomic mass is 16.6. The van der Waals surface area contributed by atoms with Gasteiger partial charge in [0, 0.05) is 19.2 Å². The number of nitrogens with zero attached hydrogens (tertiary/aromatic N) is 3. The van der Waals surface area contributed by atoms with Crippen LogP contribution < -0.4 is 15.6 Å². The van der Waals surface area contributed by atoms with Gasteiger partial charge in [0.05, 0.1) is 12.5 Å². The number of amides is 1. The van der Waals surface area contributed by atoms with E-state index in [0.29, 0.717) is 22.7 Å². The Hall–Kier alpha value is -2.64. The number of rotatable bonds is 4. The number of carbonyl (C=O) groups is 1. The van der Waals surface area contributed by atoms with Gasteiger partial charge in [-0.1, -0.05) is 0 Å². The second-order valence-electron chi connectivity index (χ2n) is 6.27. The standard InChI is InChI=1S/C16H22N4O4/c1-10-18-13-11(14(19-10)23-5)6-7-12(21)20(13)9-8-17-15(22)24-16(2,3)4/h6-7H,8-9H2,1-5H3,(H,17,22). The number of hydrogen-bond donors (Lipinski definition) is 1. The quantitative estimate of drug-likeness (QED) is 0.913. The number of aromatic nitrogens is 3.